The molecule has 0 aliphatic carbocycles. The highest BCUT2D eigenvalue weighted by molar-refractivity contribution is 9.10. The number of halogens is 1. The van der Waals surface area contributed by atoms with Crippen LogP contribution >= 0.6 is 15.9 Å². The summed E-state index contributed by atoms with van der Waals surface area (Å²) >= 11 is 3.29. The third-order valence-electron chi connectivity index (χ3n) is 1.75. The van der Waals surface area contributed by atoms with E-state index in [9.17, 15) is 4.79 Å². The molecular weight excluding hydrogens is 260 g/mol. The van der Waals surface area contributed by atoms with Crippen molar-refractivity contribution in [3.8, 4) is 5.75 Å². The van der Waals surface area contributed by atoms with Crippen LogP contribution in [0.1, 0.15) is 10.6 Å². The smallest absolute Gasteiger partial charge is 0.379 e. The van der Waals surface area contributed by atoms with Crippen LogP contribution in [0.5, 0.6) is 5.75 Å². The van der Waals surface area contributed by atoms with Gasteiger partial charge in [0.1, 0.15) is 5.75 Å². The summed E-state index contributed by atoms with van der Waals surface area (Å²) in [4.78, 5) is 11.4. The molecule has 0 atom stereocenters. The van der Waals surface area contributed by atoms with E-state index < -0.39 is 5.97 Å². The fourth-order valence-corrected chi connectivity index (χ4v) is 1.32. The predicted molar refractivity (Wildman–Crippen MR) is 57.8 cm³/mol. The Morgan fingerprint density at radius 1 is 1.20 bits per heavy atom. The number of esters is 1. The van der Waals surface area contributed by atoms with Crippen LogP contribution in [-0.4, -0.2) is 5.97 Å². The van der Waals surface area contributed by atoms with Crippen molar-refractivity contribution in [3.63, 3.8) is 0 Å². The second kappa shape index (κ2) is 4.31. The molecule has 0 bridgehead atoms. The van der Waals surface area contributed by atoms with Crippen LogP contribution in [0.15, 0.2) is 51.6 Å². The molecule has 1 aromatic heterocycles. The Hall–Kier alpha value is -1.55. The van der Waals surface area contributed by atoms with Crippen molar-refractivity contribution >= 4 is 21.9 Å². The van der Waals surface area contributed by atoms with E-state index >= 15 is 0 Å². The maximum atomic E-state index is 11.4. The third kappa shape index (κ3) is 2.47. The summed E-state index contributed by atoms with van der Waals surface area (Å²) in [7, 11) is 0. The van der Waals surface area contributed by atoms with E-state index in [2.05, 4.69) is 15.9 Å². The van der Waals surface area contributed by atoms with Crippen LogP contribution in [0.4, 0.5) is 0 Å². The zero-order chi connectivity index (χ0) is 10.7. The van der Waals surface area contributed by atoms with Crippen molar-refractivity contribution in [2.75, 3.05) is 0 Å². The molecule has 0 fully saturated rings. The Morgan fingerprint density at radius 3 is 2.53 bits per heavy atom. The number of carbonyl (C=O) groups is 1. The van der Waals surface area contributed by atoms with Gasteiger partial charge < -0.3 is 9.15 Å². The van der Waals surface area contributed by atoms with E-state index in [1.165, 1.54) is 6.26 Å². The highest BCUT2D eigenvalue weighted by Crippen LogP contribution is 2.17. The zero-order valence-corrected chi connectivity index (χ0v) is 9.23. The SMILES string of the molecule is O=C(Oc1ccc(Br)cc1)c1ccco1. The van der Waals surface area contributed by atoms with Crippen LogP contribution in [0.25, 0.3) is 0 Å². The van der Waals surface area contributed by atoms with E-state index in [1.807, 2.05) is 0 Å². The molecule has 4 heteroatoms. The minimum atomic E-state index is -0.498. The summed E-state index contributed by atoms with van der Waals surface area (Å²) in [5.74, 6) is 0.180. The van der Waals surface area contributed by atoms with Gasteiger partial charge in [0.2, 0.25) is 5.76 Å². The van der Waals surface area contributed by atoms with Gasteiger partial charge in [-0.3, -0.25) is 0 Å². The minimum absolute atomic E-state index is 0.193. The summed E-state index contributed by atoms with van der Waals surface area (Å²) in [6.07, 6.45) is 1.43. The summed E-state index contributed by atoms with van der Waals surface area (Å²) in [5.41, 5.74) is 0. The van der Waals surface area contributed by atoms with E-state index in [0.717, 1.165) is 4.47 Å². The topological polar surface area (TPSA) is 39.4 Å². The minimum Gasteiger partial charge on any atom is -0.457 e. The zero-order valence-electron chi connectivity index (χ0n) is 7.64. The monoisotopic (exact) mass is 266 g/mol. The van der Waals surface area contributed by atoms with Gasteiger partial charge in [0.25, 0.3) is 0 Å². The Bertz CT molecular complexity index is 445. The molecule has 0 radical (unpaired) electrons. The normalized spacial score (nSPS) is 9.93. The average molecular weight is 267 g/mol. The maximum absolute atomic E-state index is 11.4. The number of rotatable bonds is 2. The lowest BCUT2D eigenvalue weighted by Crippen LogP contribution is -2.06. The first-order chi connectivity index (χ1) is 7.25. The van der Waals surface area contributed by atoms with Crippen LogP contribution in [0.2, 0.25) is 0 Å². The summed E-state index contributed by atoms with van der Waals surface area (Å²) in [6.45, 7) is 0. The molecule has 0 aliphatic heterocycles. The molecule has 76 valence electrons. The molecule has 0 unspecified atom stereocenters. The van der Waals surface area contributed by atoms with Crippen molar-refractivity contribution < 1.29 is 13.9 Å². The number of hydrogen-bond donors (Lipinski definition) is 0. The summed E-state index contributed by atoms with van der Waals surface area (Å²) < 4.78 is 10.9. The van der Waals surface area contributed by atoms with Gasteiger partial charge in [-0.2, -0.15) is 0 Å². The van der Waals surface area contributed by atoms with Crippen LogP contribution in [0, 0.1) is 0 Å². The van der Waals surface area contributed by atoms with Gasteiger partial charge in [-0.15, -0.1) is 0 Å². The Labute approximate surface area is 94.8 Å². The van der Waals surface area contributed by atoms with Crippen molar-refractivity contribution in [3.05, 3.63) is 52.9 Å². The van der Waals surface area contributed by atoms with Gasteiger partial charge in [0.15, 0.2) is 0 Å². The summed E-state index contributed by atoms with van der Waals surface area (Å²) in [6, 6.07) is 10.2. The number of hydrogen-bond acceptors (Lipinski definition) is 3. The third-order valence-corrected chi connectivity index (χ3v) is 2.28. The quantitative estimate of drug-likeness (QED) is 0.619. The lowest BCUT2D eigenvalue weighted by Gasteiger charge is -2.01. The predicted octanol–water partition coefficient (Wildman–Crippen LogP) is 3.26. The molecule has 15 heavy (non-hydrogen) atoms. The highest BCUT2D eigenvalue weighted by Gasteiger charge is 2.10. The first-order valence-electron chi connectivity index (χ1n) is 4.27. The second-order valence-corrected chi connectivity index (χ2v) is 3.74. The summed E-state index contributed by atoms with van der Waals surface area (Å²) in [5, 5.41) is 0. The van der Waals surface area contributed by atoms with E-state index in [0.29, 0.717) is 5.75 Å². The molecule has 0 spiro atoms. The van der Waals surface area contributed by atoms with Gasteiger partial charge >= 0.3 is 5.97 Å². The molecule has 0 saturated heterocycles. The maximum Gasteiger partial charge on any atom is 0.379 e. The lowest BCUT2D eigenvalue weighted by atomic mass is 10.3. The number of furan rings is 1. The van der Waals surface area contributed by atoms with Crippen LogP contribution < -0.4 is 4.74 Å². The van der Waals surface area contributed by atoms with Crippen molar-refractivity contribution in [1.82, 2.24) is 0 Å². The number of ether oxygens (including phenoxy) is 1. The molecule has 0 saturated carbocycles. The highest BCUT2D eigenvalue weighted by atomic mass is 79.9. The van der Waals surface area contributed by atoms with Gasteiger partial charge in [-0.05, 0) is 36.4 Å². The standard InChI is InChI=1S/C11H7BrO3/c12-8-3-5-9(6-4-8)15-11(13)10-2-1-7-14-10/h1-7H. The van der Waals surface area contributed by atoms with E-state index in [1.54, 1.807) is 36.4 Å². The molecule has 0 amide bonds. The Kier molecular flexibility index (Phi) is 2.87. The van der Waals surface area contributed by atoms with E-state index in [-0.39, 0.29) is 5.76 Å². The first kappa shape index (κ1) is 9.98. The molecule has 1 aromatic carbocycles. The fourth-order valence-electron chi connectivity index (χ4n) is 1.05. The molecule has 2 rings (SSSR count). The lowest BCUT2D eigenvalue weighted by molar-refractivity contribution is 0.0701. The van der Waals surface area contributed by atoms with Crippen LogP contribution in [-0.2, 0) is 0 Å². The molecule has 1 heterocycles. The molecule has 0 N–H and O–H groups in total. The second-order valence-electron chi connectivity index (χ2n) is 2.82. The molecule has 3 nitrogen and oxygen atoms in total. The Balaban J connectivity index is 2.09. The van der Waals surface area contributed by atoms with Gasteiger partial charge in [-0.25, -0.2) is 4.79 Å². The molecule has 2 aromatic rings. The van der Waals surface area contributed by atoms with Crippen molar-refractivity contribution in [2.45, 2.75) is 0 Å². The van der Waals surface area contributed by atoms with E-state index in [4.69, 9.17) is 9.15 Å². The number of benzene rings is 1. The van der Waals surface area contributed by atoms with Crippen molar-refractivity contribution in [1.29, 1.82) is 0 Å². The van der Waals surface area contributed by atoms with Gasteiger partial charge in [0.05, 0.1) is 6.26 Å². The van der Waals surface area contributed by atoms with Crippen molar-refractivity contribution in [2.24, 2.45) is 0 Å². The number of carbonyl (C=O) groups excluding carboxylic acids is 1. The fraction of sp³-hybridized carbons (Fsp3) is 0. The van der Waals surface area contributed by atoms with Crippen LogP contribution in [0.3, 0.4) is 0 Å². The first-order valence-corrected chi connectivity index (χ1v) is 5.06. The Morgan fingerprint density at radius 2 is 1.93 bits per heavy atom. The molecule has 0 aliphatic rings. The molecular formula is C11H7BrO3. The average Bonchev–Trinajstić information content (AvgIpc) is 2.74. The van der Waals surface area contributed by atoms with Gasteiger partial charge in [0, 0.05) is 4.47 Å². The van der Waals surface area contributed by atoms with Gasteiger partial charge in [-0.1, -0.05) is 15.9 Å². The largest absolute Gasteiger partial charge is 0.457 e.